The van der Waals surface area contributed by atoms with E-state index in [-0.39, 0.29) is 17.9 Å². The number of nitrogens with zero attached hydrogens (tertiary/aromatic N) is 5. The fraction of sp³-hybridized carbons (Fsp3) is 0.500. The predicted molar refractivity (Wildman–Crippen MR) is 224 cm³/mol. The smallest absolute Gasteiger partial charge is 0.412 e. The summed E-state index contributed by atoms with van der Waals surface area (Å²) in [4.78, 5) is 63.1. The van der Waals surface area contributed by atoms with Gasteiger partial charge < -0.3 is 29.9 Å². The number of benzene rings is 3. The Morgan fingerprint density at radius 1 is 0.807 bits per heavy atom. The first-order valence-corrected chi connectivity index (χ1v) is 20.0. The van der Waals surface area contributed by atoms with Crippen LogP contribution in [0.4, 0.5) is 21.0 Å². The molecule has 1 aliphatic rings. The van der Waals surface area contributed by atoms with Crippen LogP contribution < -0.4 is 10.2 Å². The van der Waals surface area contributed by atoms with E-state index in [9.17, 15) is 24.3 Å². The summed E-state index contributed by atoms with van der Waals surface area (Å²) in [7, 11) is 4.98. The van der Waals surface area contributed by atoms with Crippen molar-refractivity contribution in [3.8, 4) is 11.1 Å². The van der Waals surface area contributed by atoms with Crippen molar-refractivity contribution < 1.29 is 33.9 Å². The number of carboxylic acid groups (broad SMARTS) is 1. The second kappa shape index (κ2) is 22.0. The van der Waals surface area contributed by atoms with E-state index in [0.29, 0.717) is 43.7 Å². The van der Waals surface area contributed by atoms with Crippen molar-refractivity contribution >= 4 is 35.4 Å². The molecule has 1 fully saturated rings. The molecule has 1 aliphatic heterocycles. The second-order valence-electron chi connectivity index (χ2n) is 15.6. The summed E-state index contributed by atoms with van der Waals surface area (Å²) < 4.78 is 5.37. The third-order valence-electron chi connectivity index (χ3n) is 10.1. The highest BCUT2D eigenvalue weighted by atomic mass is 16.7. The van der Waals surface area contributed by atoms with Gasteiger partial charge in [-0.1, -0.05) is 55.0 Å². The summed E-state index contributed by atoms with van der Waals surface area (Å²) in [5.74, 6) is -0.125. The molecule has 3 aromatic carbocycles. The summed E-state index contributed by atoms with van der Waals surface area (Å²) in [6.07, 6.45) is 3.76. The third-order valence-corrected chi connectivity index (χ3v) is 10.1. The lowest BCUT2D eigenvalue weighted by Gasteiger charge is -2.38. The summed E-state index contributed by atoms with van der Waals surface area (Å²) >= 11 is 0. The number of carbonyl (C=O) groups excluding carboxylic acids is 3. The van der Waals surface area contributed by atoms with Crippen LogP contribution in [-0.2, 0) is 14.4 Å². The molecule has 1 heterocycles. The lowest BCUT2D eigenvalue weighted by Crippen LogP contribution is -2.48. The van der Waals surface area contributed by atoms with Crippen LogP contribution in [0.15, 0.2) is 78.9 Å². The number of piperidine rings is 1. The molecule has 0 atom stereocenters. The number of para-hydroxylation sites is 1. The van der Waals surface area contributed by atoms with Gasteiger partial charge in [-0.15, -0.1) is 0 Å². The molecule has 0 spiro atoms. The number of unbranched alkanes of at least 4 members (excludes halogenated alkanes) is 2. The molecule has 13 heteroatoms. The summed E-state index contributed by atoms with van der Waals surface area (Å²) in [6, 6.07) is 24.7. The van der Waals surface area contributed by atoms with Gasteiger partial charge in [0.15, 0.2) is 0 Å². The van der Waals surface area contributed by atoms with Crippen LogP contribution in [0, 0.1) is 0 Å². The average molecular weight is 787 g/mol. The highest BCUT2D eigenvalue weighted by Crippen LogP contribution is 2.34. The predicted octanol–water partition coefficient (Wildman–Crippen LogP) is 7.69. The fourth-order valence-electron chi connectivity index (χ4n) is 6.85. The van der Waals surface area contributed by atoms with Gasteiger partial charge in [-0.3, -0.25) is 19.3 Å². The zero-order chi connectivity index (χ0) is 41.4. The first-order valence-electron chi connectivity index (χ1n) is 20.0. The van der Waals surface area contributed by atoms with E-state index in [1.807, 2.05) is 94.5 Å². The third kappa shape index (κ3) is 14.1. The molecular weight excluding hydrogens is 725 g/mol. The van der Waals surface area contributed by atoms with Crippen LogP contribution in [0.5, 0.6) is 0 Å². The number of likely N-dealkylation sites (tertiary alicyclic amines) is 1. The number of hydrogen-bond acceptors (Lipinski definition) is 8. The average Bonchev–Trinajstić information content (AvgIpc) is 3.20. The van der Waals surface area contributed by atoms with Gasteiger partial charge in [0.25, 0.3) is 5.91 Å². The first kappa shape index (κ1) is 44.6. The van der Waals surface area contributed by atoms with Gasteiger partial charge in [0.05, 0.1) is 19.3 Å². The van der Waals surface area contributed by atoms with Crippen molar-refractivity contribution in [3.63, 3.8) is 0 Å². The standard InChI is InChI=1S/C44H62N6O7/c1-44(2,3)57-43(55)47(5)28-15-29-49(56-6)41(52)35-21-23-36(24-22-35)45-27-14-8-11-20-40(51)46(4)32-33-48-30-25-37(26-31-48)50(42(53)54)39-19-13-12-18-38(39)34-16-9-7-10-17-34/h7,9-10,12-13,16-19,21-24,37,45H,8,11,14-15,20,25-33H2,1-6H3,(H,53,54). The Labute approximate surface area is 338 Å². The van der Waals surface area contributed by atoms with E-state index in [2.05, 4.69) is 10.2 Å². The molecule has 4 rings (SSSR count). The molecule has 0 saturated carbocycles. The molecule has 0 unspecified atom stereocenters. The zero-order valence-electron chi connectivity index (χ0n) is 34.6. The van der Waals surface area contributed by atoms with Crippen molar-refractivity contribution in [1.29, 1.82) is 0 Å². The Bertz CT molecular complexity index is 1720. The number of hydrogen-bond donors (Lipinski definition) is 2. The maximum Gasteiger partial charge on any atom is 0.412 e. The van der Waals surface area contributed by atoms with Gasteiger partial charge in [0.1, 0.15) is 5.60 Å². The number of likely N-dealkylation sites (N-methyl/N-ethyl adjacent to an activating group) is 1. The van der Waals surface area contributed by atoms with Crippen LogP contribution in [-0.4, -0.2) is 128 Å². The minimum absolute atomic E-state index is 0.115. The molecular formula is C44H62N6O7. The largest absolute Gasteiger partial charge is 0.465 e. The van der Waals surface area contributed by atoms with E-state index in [1.165, 1.54) is 17.1 Å². The molecule has 310 valence electrons. The Kier molecular flexibility index (Phi) is 17.2. The maximum absolute atomic E-state index is 13.0. The van der Waals surface area contributed by atoms with E-state index in [4.69, 9.17) is 9.57 Å². The van der Waals surface area contributed by atoms with E-state index < -0.39 is 17.8 Å². The van der Waals surface area contributed by atoms with Crippen LogP contribution in [0.3, 0.4) is 0 Å². The normalized spacial score (nSPS) is 13.4. The van der Waals surface area contributed by atoms with Gasteiger partial charge in [0.2, 0.25) is 5.91 Å². The highest BCUT2D eigenvalue weighted by Gasteiger charge is 2.31. The zero-order valence-corrected chi connectivity index (χ0v) is 34.6. The van der Waals surface area contributed by atoms with Crippen molar-refractivity contribution in [2.24, 2.45) is 0 Å². The summed E-state index contributed by atoms with van der Waals surface area (Å²) in [6.45, 7) is 9.89. The monoisotopic (exact) mass is 786 g/mol. The van der Waals surface area contributed by atoms with E-state index in [1.54, 1.807) is 29.0 Å². The number of amides is 4. The van der Waals surface area contributed by atoms with Crippen LogP contribution in [0.2, 0.25) is 0 Å². The van der Waals surface area contributed by atoms with E-state index >= 15 is 0 Å². The first-order chi connectivity index (χ1) is 27.3. The molecule has 3 aromatic rings. The van der Waals surface area contributed by atoms with Gasteiger partial charge in [0, 0.05) is 82.6 Å². The molecule has 57 heavy (non-hydrogen) atoms. The molecule has 0 bridgehead atoms. The lowest BCUT2D eigenvalue weighted by atomic mass is 9.98. The molecule has 0 radical (unpaired) electrons. The number of anilines is 2. The number of hydroxylamine groups is 2. The Morgan fingerprint density at radius 2 is 1.47 bits per heavy atom. The van der Waals surface area contributed by atoms with Gasteiger partial charge >= 0.3 is 12.2 Å². The van der Waals surface area contributed by atoms with Gasteiger partial charge in [-0.25, -0.2) is 14.7 Å². The second-order valence-corrected chi connectivity index (χ2v) is 15.6. The van der Waals surface area contributed by atoms with Gasteiger partial charge in [-0.2, -0.15) is 0 Å². The number of ether oxygens (including phenoxy) is 1. The highest BCUT2D eigenvalue weighted by molar-refractivity contribution is 5.94. The van der Waals surface area contributed by atoms with E-state index in [0.717, 1.165) is 75.1 Å². The Balaban J connectivity index is 1.09. The fourth-order valence-corrected chi connectivity index (χ4v) is 6.85. The van der Waals surface area contributed by atoms with Crippen LogP contribution in [0.1, 0.15) is 76.1 Å². The molecule has 1 saturated heterocycles. The minimum atomic E-state index is -0.939. The number of nitrogens with one attached hydrogen (secondary N) is 1. The van der Waals surface area contributed by atoms with Crippen molar-refractivity contribution in [2.75, 3.05) is 77.2 Å². The Morgan fingerprint density at radius 3 is 2.12 bits per heavy atom. The summed E-state index contributed by atoms with van der Waals surface area (Å²) in [5, 5.41) is 15.0. The van der Waals surface area contributed by atoms with Crippen molar-refractivity contribution in [3.05, 3.63) is 84.4 Å². The van der Waals surface area contributed by atoms with Gasteiger partial charge in [-0.05, 0) is 88.8 Å². The quantitative estimate of drug-likeness (QED) is 0.0927. The minimum Gasteiger partial charge on any atom is -0.465 e. The molecule has 13 nitrogen and oxygen atoms in total. The molecule has 4 amide bonds. The van der Waals surface area contributed by atoms with Crippen LogP contribution in [0.25, 0.3) is 11.1 Å². The van der Waals surface area contributed by atoms with Crippen molar-refractivity contribution in [2.45, 2.75) is 77.4 Å². The topological polar surface area (TPSA) is 135 Å². The lowest BCUT2D eigenvalue weighted by molar-refractivity contribution is -0.130. The molecule has 2 N–H and O–H groups in total. The van der Waals surface area contributed by atoms with Crippen molar-refractivity contribution in [1.82, 2.24) is 19.8 Å². The number of rotatable bonds is 19. The summed E-state index contributed by atoms with van der Waals surface area (Å²) in [5.41, 5.74) is 3.44. The Hall–Kier alpha value is -5.14. The molecule has 0 aliphatic carbocycles. The molecule has 0 aromatic heterocycles. The SMILES string of the molecule is CON(CCCN(C)C(=O)OC(C)(C)C)C(=O)c1ccc(NCCCCCC(=O)N(C)CCN2CCC(N(C(=O)O)c3ccccc3-c3ccccc3)CC2)cc1. The van der Waals surface area contributed by atoms with Crippen LogP contribution >= 0.6 is 0 Å². The number of carbonyl (C=O) groups is 4. The maximum atomic E-state index is 13.0.